The fourth-order valence-corrected chi connectivity index (χ4v) is 2.67. The molecule has 3 heteroatoms. The van der Waals surface area contributed by atoms with Gasteiger partial charge in [-0.2, -0.15) is 5.10 Å². The van der Waals surface area contributed by atoms with E-state index in [4.69, 9.17) is 0 Å². The molecule has 2 rings (SSSR count). The van der Waals surface area contributed by atoms with Crippen LogP contribution < -0.4 is 5.32 Å². The van der Waals surface area contributed by atoms with Crippen molar-refractivity contribution in [2.75, 3.05) is 0 Å². The second-order valence-electron chi connectivity index (χ2n) is 6.15. The third-order valence-corrected chi connectivity index (χ3v) is 3.92. The summed E-state index contributed by atoms with van der Waals surface area (Å²) >= 11 is 0. The second kappa shape index (κ2) is 5.21. The highest BCUT2D eigenvalue weighted by molar-refractivity contribution is 4.98. The maximum atomic E-state index is 4.40. The molecule has 0 amide bonds. The lowest BCUT2D eigenvalue weighted by atomic mass is 9.85. The molecule has 1 aromatic rings. The van der Waals surface area contributed by atoms with E-state index in [2.05, 4.69) is 30.3 Å². The van der Waals surface area contributed by atoms with Crippen molar-refractivity contribution >= 4 is 0 Å². The molecule has 17 heavy (non-hydrogen) atoms. The molecule has 1 heterocycles. The van der Waals surface area contributed by atoms with Crippen molar-refractivity contribution in [1.29, 1.82) is 0 Å². The van der Waals surface area contributed by atoms with Crippen molar-refractivity contribution in [3.8, 4) is 0 Å². The fourth-order valence-electron chi connectivity index (χ4n) is 2.67. The first-order chi connectivity index (χ1) is 8.05. The minimum atomic E-state index is 0.543. The lowest BCUT2D eigenvalue weighted by Crippen LogP contribution is -2.28. The number of hydrogen-bond acceptors (Lipinski definition) is 2. The van der Waals surface area contributed by atoms with Gasteiger partial charge in [-0.1, -0.05) is 20.3 Å². The Morgan fingerprint density at radius 1 is 1.41 bits per heavy atom. The summed E-state index contributed by atoms with van der Waals surface area (Å²) in [6.45, 7) is 5.70. The van der Waals surface area contributed by atoms with Crippen LogP contribution in [0.15, 0.2) is 12.3 Å². The third kappa shape index (κ3) is 3.84. The topological polar surface area (TPSA) is 29.9 Å². The predicted molar refractivity (Wildman–Crippen MR) is 70.7 cm³/mol. The highest BCUT2D eigenvalue weighted by Gasteiger charge is 2.23. The molecule has 3 nitrogen and oxygen atoms in total. The normalized spacial score (nSPS) is 24.5. The molecular formula is C14H25N3. The van der Waals surface area contributed by atoms with E-state index in [0.29, 0.717) is 11.5 Å². The largest absolute Gasteiger partial charge is 0.308 e. The molecule has 0 aliphatic heterocycles. The van der Waals surface area contributed by atoms with E-state index in [1.807, 2.05) is 17.9 Å². The van der Waals surface area contributed by atoms with Gasteiger partial charge < -0.3 is 5.32 Å². The summed E-state index contributed by atoms with van der Waals surface area (Å²) in [7, 11) is 1.97. The van der Waals surface area contributed by atoms with Gasteiger partial charge in [0, 0.05) is 25.8 Å². The average Bonchev–Trinajstić information content (AvgIpc) is 2.59. The molecule has 1 atom stereocenters. The van der Waals surface area contributed by atoms with Crippen LogP contribution in [0.1, 0.15) is 51.6 Å². The van der Waals surface area contributed by atoms with Gasteiger partial charge in [-0.3, -0.25) is 4.68 Å². The average molecular weight is 235 g/mol. The van der Waals surface area contributed by atoms with Crippen LogP contribution in [0.3, 0.4) is 0 Å². The van der Waals surface area contributed by atoms with Gasteiger partial charge in [0.1, 0.15) is 0 Å². The third-order valence-electron chi connectivity index (χ3n) is 3.92. The van der Waals surface area contributed by atoms with E-state index >= 15 is 0 Å². The molecule has 1 aliphatic rings. The summed E-state index contributed by atoms with van der Waals surface area (Å²) in [5.41, 5.74) is 1.69. The van der Waals surface area contributed by atoms with Crippen LogP contribution in [0, 0.1) is 5.41 Å². The Morgan fingerprint density at radius 3 is 2.94 bits per heavy atom. The summed E-state index contributed by atoms with van der Waals surface area (Å²) in [5.74, 6) is 0. The zero-order valence-corrected chi connectivity index (χ0v) is 11.4. The maximum absolute atomic E-state index is 4.40. The van der Waals surface area contributed by atoms with Crippen molar-refractivity contribution in [2.45, 2.75) is 58.5 Å². The van der Waals surface area contributed by atoms with Crippen molar-refractivity contribution in [3.63, 3.8) is 0 Å². The molecule has 1 saturated carbocycles. The lowest BCUT2D eigenvalue weighted by Gasteiger charge is -2.22. The molecule has 96 valence electrons. The first-order valence-corrected chi connectivity index (χ1v) is 6.77. The predicted octanol–water partition coefficient (Wildman–Crippen LogP) is 2.87. The Labute approximate surface area is 105 Å². The van der Waals surface area contributed by atoms with Gasteiger partial charge in [0.05, 0.1) is 5.69 Å². The standard InChI is InChI=1S/C14H25N3/c1-14(2)8-4-5-12(6-9-14)15-11-13-7-10-17(3)16-13/h7,10,12,15H,4-6,8-9,11H2,1-3H3. The van der Waals surface area contributed by atoms with Gasteiger partial charge in [0.25, 0.3) is 0 Å². The van der Waals surface area contributed by atoms with Gasteiger partial charge in [-0.25, -0.2) is 0 Å². The molecule has 1 unspecified atom stereocenters. The van der Waals surface area contributed by atoms with Crippen molar-refractivity contribution in [3.05, 3.63) is 18.0 Å². The van der Waals surface area contributed by atoms with Crippen molar-refractivity contribution < 1.29 is 0 Å². The number of aryl methyl sites for hydroxylation is 1. The fraction of sp³-hybridized carbons (Fsp3) is 0.786. The quantitative estimate of drug-likeness (QED) is 0.816. The van der Waals surface area contributed by atoms with Crippen molar-refractivity contribution in [2.24, 2.45) is 12.5 Å². The van der Waals surface area contributed by atoms with E-state index < -0.39 is 0 Å². The maximum Gasteiger partial charge on any atom is 0.0762 e. The van der Waals surface area contributed by atoms with E-state index in [9.17, 15) is 0 Å². The van der Waals surface area contributed by atoms with E-state index in [1.165, 1.54) is 32.1 Å². The molecular weight excluding hydrogens is 210 g/mol. The molecule has 1 aliphatic carbocycles. The van der Waals surface area contributed by atoms with Crippen LogP contribution in [0.2, 0.25) is 0 Å². The summed E-state index contributed by atoms with van der Waals surface area (Å²) in [5, 5.41) is 8.05. The SMILES string of the molecule is Cn1ccc(CNC2CCCC(C)(C)CC2)n1. The highest BCUT2D eigenvalue weighted by atomic mass is 15.3. The smallest absolute Gasteiger partial charge is 0.0762 e. The Balaban J connectivity index is 1.79. The van der Waals surface area contributed by atoms with Gasteiger partial charge in [-0.15, -0.1) is 0 Å². The van der Waals surface area contributed by atoms with E-state index in [-0.39, 0.29) is 0 Å². The molecule has 0 radical (unpaired) electrons. The van der Waals surface area contributed by atoms with Gasteiger partial charge >= 0.3 is 0 Å². The molecule has 0 bridgehead atoms. The number of aromatic nitrogens is 2. The Morgan fingerprint density at radius 2 is 2.24 bits per heavy atom. The van der Waals surface area contributed by atoms with Gasteiger partial charge in [0.2, 0.25) is 0 Å². The molecule has 0 saturated heterocycles. The molecule has 1 N–H and O–H groups in total. The second-order valence-corrected chi connectivity index (χ2v) is 6.15. The molecule has 1 fully saturated rings. The summed E-state index contributed by atoms with van der Waals surface area (Å²) in [6.07, 6.45) is 8.69. The zero-order valence-electron chi connectivity index (χ0n) is 11.4. The Bertz CT molecular complexity index is 354. The molecule has 0 spiro atoms. The van der Waals surface area contributed by atoms with Crippen molar-refractivity contribution in [1.82, 2.24) is 15.1 Å². The number of hydrogen-bond donors (Lipinski definition) is 1. The zero-order chi connectivity index (χ0) is 12.3. The van der Waals surface area contributed by atoms with Gasteiger partial charge in [-0.05, 0) is 37.2 Å². The van der Waals surface area contributed by atoms with Crippen LogP contribution in [0.4, 0.5) is 0 Å². The number of nitrogens with zero attached hydrogens (tertiary/aromatic N) is 2. The summed E-state index contributed by atoms with van der Waals surface area (Å²) in [6, 6.07) is 2.77. The molecule has 1 aromatic heterocycles. The lowest BCUT2D eigenvalue weighted by molar-refractivity contribution is 0.309. The van der Waals surface area contributed by atoms with Crippen LogP contribution in [-0.2, 0) is 13.6 Å². The van der Waals surface area contributed by atoms with Crippen LogP contribution in [0.25, 0.3) is 0 Å². The first-order valence-electron chi connectivity index (χ1n) is 6.77. The Hall–Kier alpha value is -0.830. The summed E-state index contributed by atoms with van der Waals surface area (Å²) < 4.78 is 1.87. The first kappa shape index (κ1) is 12.6. The summed E-state index contributed by atoms with van der Waals surface area (Å²) in [4.78, 5) is 0. The van der Waals surface area contributed by atoms with Crippen LogP contribution in [0.5, 0.6) is 0 Å². The van der Waals surface area contributed by atoms with E-state index in [1.54, 1.807) is 0 Å². The van der Waals surface area contributed by atoms with Crippen LogP contribution in [-0.4, -0.2) is 15.8 Å². The van der Waals surface area contributed by atoms with Gasteiger partial charge in [0.15, 0.2) is 0 Å². The monoisotopic (exact) mass is 235 g/mol. The number of nitrogens with one attached hydrogen (secondary N) is 1. The van der Waals surface area contributed by atoms with E-state index in [0.717, 1.165) is 12.2 Å². The molecule has 0 aromatic carbocycles. The Kier molecular flexibility index (Phi) is 3.87. The number of rotatable bonds is 3. The minimum Gasteiger partial charge on any atom is -0.308 e. The highest BCUT2D eigenvalue weighted by Crippen LogP contribution is 2.33. The van der Waals surface area contributed by atoms with Crippen LogP contribution >= 0.6 is 0 Å². The minimum absolute atomic E-state index is 0.543.